The van der Waals surface area contributed by atoms with E-state index in [1.807, 2.05) is 6.07 Å². The summed E-state index contributed by atoms with van der Waals surface area (Å²) in [6, 6.07) is 17.2. The molecule has 0 spiro atoms. The number of pyridine rings is 1. The molecule has 20 heavy (non-hydrogen) atoms. The van der Waals surface area contributed by atoms with Gasteiger partial charge in [-0.3, -0.25) is 0 Å². The lowest BCUT2D eigenvalue weighted by Crippen LogP contribution is -2.21. The third kappa shape index (κ3) is 3.29. The van der Waals surface area contributed by atoms with Gasteiger partial charge in [0.2, 0.25) is 0 Å². The largest absolute Gasteiger partial charge is 0.246 e. The normalized spacial score (nSPS) is 22.6. The Morgan fingerprint density at radius 2 is 1.75 bits per heavy atom. The molecule has 0 amide bonds. The van der Waals surface area contributed by atoms with Gasteiger partial charge in [-0.25, -0.2) is 4.98 Å². The van der Waals surface area contributed by atoms with Gasteiger partial charge in [0.25, 0.3) is 0 Å². The highest BCUT2D eigenvalue weighted by atomic mass is 79.9. The van der Waals surface area contributed by atoms with Crippen LogP contribution in [0.5, 0.6) is 0 Å². The van der Waals surface area contributed by atoms with E-state index in [2.05, 4.69) is 58.4 Å². The number of rotatable bonds is 3. The van der Waals surface area contributed by atoms with Crippen molar-refractivity contribution >= 4 is 15.9 Å². The summed E-state index contributed by atoms with van der Waals surface area (Å²) in [5.74, 6) is 1.34. The smallest absolute Gasteiger partial charge is 0.106 e. The minimum absolute atomic E-state index is 0.612. The number of nitrogens with zero attached hydrogens (tertiary/aromatic N) is 1. The van der Waals surface area contributed by atoms with E-state index in [9.17, 15) is 0 Å². The molecule has 1 aliphatic rings. The molecule has 1 saturated carbocycles. The van der Waals surface area contributed by atoms with Crippen LogP contribution < -0.4 is 0 Å². The average molecular weight is 330 g/mol. The fraction of sp³-hybridized carbons (Fsp3) is 0.389. The molecule has 2 aromatic rings. The summed E-state index contributed by atoms with van der Waals surface area (Å²) in [5.41, 5.74) is 2.72. The highest BCUT2D eigenvalue weighted by Gasteiger charge is 2.27. The van der Waals surface area contributed by atoms with Gasteiger partial charge in [-0.1, -0.05) is 49.2 Å². The molecule has 1 aromatic carbocycles. The highest BCUT2D eigenvalue weighted by molar-refractivity contribution is 9.10. The predicted octanol–water partition coefficient (Wildman–Crippen LogP) is 5.36. The van der Waals surface area contributed by atoms with E-state index in [0.29, 0.717) is 5.92 Å². The van der Waals surface area contributed by atoms with Crippen LogP contribution in [0.3, 0.4) is 0 Å². The van der Waals surface area contributed by atoms with Gasteiger partial charge in [0, 0.05) is 11.6 Å². The fourth-order valence-corrected chi connectivity index (χ4v) is 3.75. The molecule has 104 valence electrons. The second kappa shape index (κ2) is 6.53. The Morgan fingerprint density at radius 3 is 2.55 bits per heavy atom. The zero-order chi connectivity index (χ0) is 13.8. The number of halogens is 1. The zero-order valence-corrected chi connectivity index (χ0v) is 13.2. The van der Waals surface area contributed by atoms with Crippen molar-refractivity contribution in [3.8, 4) is 0 Å². The van der Waals surface area contributed by atoms with Crippen molar-refractivity contribution in [3.63, 3.8) is 0 Å². The molecular formula is C18H20BrN. The van der Waals surface area contributed by atoms with Gasteiger partial charge in [-0.05, 0) is 58.8 Å². The third-order valence-corrected chi connectivity index (χ3v) is 4.81. The summed E-state index contributed by atoms with van der Waals surface area (Å²) in [7, 11) is 0. The number of hydrogen-bond donors (Lipinski definition) is 0. The molecule has 1 nitrogen and oxygen atoms in total. The van der Waals surface area contributed by atoms with E-state index in [1.54, 1.807) is 0 Å². The molecule has 0 saturated heterocycles. The quantitative estimate of drug-likeness (QED) is 0.690. The Labute approximate surface area is 129 Å². The SMILES string of the molecule is Brc1cccc(C2CCCCC2Cc2ccccc2)n1. The summed E-state index contributed by atoms with van der Waals surface area (Å²) in [6.07, 6.45) is 6.49. The van der Waals surface area contributed by atoms with E-state index < -0.39 is 0 Å². The summed E-state index contributed by atoms with van der Waals surface area (Å²) in [5, 5.41) is 0. The number of aromatic nitrogens is 1. The lowest BCUT2D eigenvalue weighted by Gasteiger charge is -2.31. The maximum absolute atomic E-state index is 4.71. The molecule has 1 heterocycles. The molecule has 0 aliphatic heterocycles. The minimum Gasteiger partial charge on any atom is -0.246 e. The van der Waals surface area contributed by atoms with Crippen molar-refractivity contribution in [1.29, 1.82) is 0 Å². The lowest BCUT2D eigenvalue weighted by atomic mass is 9.74. The standard InChI is InChI=1S/C18H20BrN/c19-18-12-6-11-17(20-18)16-10-5-4-9-15(16)13-14-7-2-1-3-8-14/h1-3,6-8,11-12,15-16H,4-5,9-10,13H2. The summed E-state index contributed by atoms with van der Waals surface area (Å²) < 4.78 is 0.957. The van der Waals surface area contributed by atoms with Crippen molar-refractivity contribution < 1.29 is 0 Å². The van der Waals surface area contributed by atoms with Crippen LogP contribution in [-0.2, 0) is 6.42 Å². The molecule has 0 N–H and O–H groups in total. The van der Waals surface area contributed by atoms with Gasteiger partial charge in [0.1, 0.15) is 4.60 Å². The van der Waals surface area contributed by atoms with Gasteiger partial charge < -0.3 is 0 Å². The second-order valence-electron chi connectivity index (χ2n) is 5.73. The molecule has 2 heteroatoms. The minimum atomic E-state index is 0.612. The molecule has 2 unspecified atom stereocenters. The summed E-state index contributed by atoms with van der Waals surface area (Å²) in [6.45, 7) is 0. The van der Waals surface area contributed by atoms with E-state index >= 15 is 0 Å². The van der Waals surface area contributed by atoms with Crippen LogP contribution in [0.25, 0.3) is 0 Å². The molecule has 0 bridgehead atoms. The first kappa shape index (κ1) is 13.8. The maximum atomic E-state index is 4.71. The Balaban J connectivity index is 1.80. The van der Waals surface area contributed by atoms with Crippen LogP contribution in [0.15, 0.2) is 53.1 Å². The maximum Gasteiger partial charge on any atom is 0.106 e. The molecule has 2 atom stereocenters. The van der Waals surface area contributed by atoms with E-state index in [1.165, 1.54) is 43.4 Å². The van der Waals surface area contributed by atoms with Gasteiger partial charge in [-0.2, -0.15) is 0 Å². The molecule has 1 fully saturated rings. The molecule has 1 aliphatic carbocycles. The van der Waals surface area contributed by atoms with Crippen LogP contribution in [0.4, 0.5) is 0 Å². The van der Waals surface area contributed by atoms with E-state index in [-0.39, 0.29) is 0 Å². The van der Waals surface area contributed by atoms with Crippen molar-refractivity contribution in [2.75, 3.05) is 0 Å². The Bertz CT molecular complexity index is 552. The van der Waals surface area contributed by atoms with Crippen molar-refractivity contribution in [2.45, 2.75) is 38.0 Å². The molecule has 3 rings (SSSR count). The van der Waals surface area contributed by atoms with Crippen LogP contribution in [0, 0.1) is 5.92 Å². The first-order valence-electron chi connectivity index (χ1n) is 7.49. The van der Waals surface area contributed by atoms with E-state index in [0.717, 1.165) is 10.5 Å². The fourth-order valence-electron chi connectivity index (χ4n) is 3.39. The first-order valence-corrected chi connectivity index (χ1v) is 8.28. The van der Waals surface area contributed by atoms with Gasteiger partial charge in [0.15, 0.2) is 0 Å². The van der Waals surface area contributed by atoms with E-state index in [4.69, 9.17) is 4.98 Å². The van der Waals surface area contributed by atoms with Crippen molar-refractivity contribution in [2.24, 2.45) is 5.92 Å². The van der Waals surface area contributed by atoms with Gasteiger partial charge >= 0.3 is 0 Å². The van der Waals surface area contributed by atoms with Crippen LogP contribution >= 0.6 is 15.9 Å². The van der Waals surface area contributed by atoms with Gasteiger partial charge in [0.05, 0.1) is 0 Å². The number of benzene rings is 1. The Morgan fingerprint density at radius 1 is 0.950 bits per heavy atom. The Hall–Kier alpha value is -1.15. The zero-order valence-electron chi connectivity index (χ0n) is 11.6. The predicted molar refractivity (Wildman–Crippen MR) is 86.8 cm³/mol. The molecule has 1 aromatic heterocycles. The second-order valence-corrected chi connectivity index (χ2v) is 6.54. The van der Waals surface area contributed by atoms with Crippen molar-refractivity contribution in [1.82, 2.24) is 4.98 Å². The van der Waals surface area contributed by atoms with Crippen LogP contribution in [0.1, 0.15) is 42.9 Å². The Kier molecular flexibility index (Phi) is 4.51. The average Bonchev–Trinajstić information content (AvgIpc) is 2.49. The lowest BCUT2D eigenvalue weighted by molar-refractivity contribution is 0.300. The van der Waals surface area contributed by atoms with Crippen molar-refractivity contribution in [3.05, 3.63) is 64.4 Å². The summed E-state index contributed by atoms with van der Waals surface area (Å²) >= 11 is 3.50. The van der Waals surface area contributed by atoms with Gasteiger partial charge in [-0.15, -0.1) is 0 Å². The highest BCUT2D eigenvalue weighted by Crippen LogP contribution is 2.39. The first-order chi connectivity index (χ1) is 9.83. The molecular weight excluding hydrogens is 310 g/mol. The van der Waals surface area contributed by atoms with Crippen LogP contribution in [0.2, 0.25) is 0 Å². The van der Waals surface area contributed by atoms with Crippen LogP contribution in [-0.4, -0.2) is 4.98 Å². The third-order valence-electron chi connectivity index (χ3n) is 4.37. The number of hydrogen-bond acceptors (Lipinski definition) is 1. The molecule has 0 radical (unpaired) electrons. The topological polar surface area (TPSA) is 12.9 Å². The monoisotopic (exact) mass is 329 g/mol. The summed E-state index contributed by atoms with van der Waals surface area (Å²) in [4.78, 5) is 4.71.